The molecule has 0 aromatic heterocycles. The Morgan fingerprint density at radius 3 is 2.31 bits per heavy atom. The third-order valence-corrected chi connectivity index (χ3v) is 14.6. The maximum atomic E-state index is 14.1. The molecule has 0 bridgehead atoms. The van der Waals surface area contributed by atoms with Gasteiger partial charge in [0.15, 0.2) is 0 Å². The van der Waals surface area contributed by atoms with E-state index in [4.69, 9.17) is 4.74 Å². The Morgan fingerprint density at radius 1 is 1.00 bits per heavy atom. The smallest absolute Gasteiger partial charge is 0.122 e. The molecule has 0 fully saturated rings. The summed E-state index contributed by atoms with van der Waals surface area (Å²) in [5, 5.41) is -0.304. The van der Waals surface area contributed by atoms with Crippen molar-refractivity contribution in [3.05, 3.63) is 35.0 Å². The number of halogens is 5. The number of ether oxygens (including phenoxy) is 1. The SMILES string of the molecule is COC1C=CC(S(I)(C2=CC(F)CC(F)C2)C2C=C(F)CC(F)C2)CC1. The number of rotatable bonds is 4. The molecule has 3 aliphatic carbocycles. The molecule has 26 heavy (non-hydrogen) atoms. The minimum Gasteiger partial charge on any atom is -0.377 e. The van der Waals surface area contributed by atoms with Crippen LogP contribution < -0.4 is 0 Å². The summed E-state index contributed by atoms with van der Waals surface area (Å²) in [7, 11) is -0.205. The molecule has 0 heterocycles. The maximum absolute atomic E-state index is 14.1. The molecule has 7 heteroatoms. The van der Waals surface area contributed by atoms with Crippen molar-refractivity contribution in [3.8, 4) is 0 Å². The standard InChI is InChI=1S/C19H25F4IOS/c1-25-16-2-4-17(5-3-16)26(24,18-8-12(20)6-13(21)9-18)19-10-14(22)7-15(23)11-19/h2,4,8,10,12-13,15-17,19H,3,5-7,9,11H2,1H3. The van der Waals surface area contributed by atoms with Crippen molar-refractivity contribution in [2.75, 3.05) is 7.11 Å². The van der Waals surface area contributed by atoms with Crippen LogP contribution in [0.2, 0.25) is 0 Å². The lowest BCUT2D eigenvalue weighted by Crippen LogP contribution is -2.33. The Bertz CT molecular complexity index is 610. The van der Waals surface area contributed by atoms with Crippen molar-refractivity contribution >= 4 is 28.4 Å². The molecule has 0 aromatic carbocycles. The highest BCUT2D eigenvalue weighted by Crippen LogP contribution is 2.74. The molecule has 148 valence electrons. The number of alkyl halides is 3. The van der Waals surface area contributed by atoms with Crippen LogP contribution >= 0.6 is 28.4 Å². The Kier molecular flexibility index (Phi) is 6.81. The van der Waals surface area contributed by atoms with E-state index >= 15 is 0 Å². The van der Waals surface area contributed by atoms with E-state index in [1.807, 2.05) is 12.2 Å². The first-order chi connectivity index (χ1) is 12.3. The molecule has 0 amide bonds. The van der Waals surface area contributed by atoms with Gasteiger partial charge < -0.3 is 4.74 Å². The van der Waals surface area contributed by atoms with Gasteiger partial charge in [0, 0.05) is 36.9 Å². The molecular weight excluding hydrogens is 479 g/mol. The third-order valence-electron chi connectivity index (χ3n) is 5.40. The van der Waals surface area contributed by atoms with Crippen LogP contribution in [0.5, 0.6) is 0 Å². The number of allylic oxidation sites excluding steroid dienone is 3. The van der Waals surface area contributed by atoms with Gasteiger partial charge in [-0.05, 0) is 57.5 Å². The Labute approximate surface area is 166 Å². The Morgan fingerprint density at radius 2 is 1.73 bits per heavy atom. The number of hydrogen-bond donors (Lipinski definition) is 0. The normalized spacial score (nSPS) is 41.8. The van der Waals surface area contributed by atoms with Gasteiger partial charge in [0.2, 0.25) is 0 Å². The summed E-state index contributed by atoms with van der Waals surface area (Å²) in [5.74, 6) is -0.443. The summed E-state index contributed by atoms with van der Waals surface area (Å²) in [6.45, 7) is 0. The van der Waals surface area contributed by atoms with Gasteiger partial charge in [0.1, 0.15) is 18.5 Å². The summed E-state index contributed by atoms with van der Waals surface area (Å²) in [5.41, 5.74) is 0. The van der Waals surface area contributed by atoms with Crippen LogP contribution in [-0.4, -0.2) is 42.2 Å². The molecule has 0 saturated carbocycles. The van der Waals surface area contributed by atoms with Crippen LogP contribution in [0.4, 0.5) is 17.6 Å². The highest BCUT2D eigenvalue weighted by atomic mass is 127. The summed E-state index contributed by atoms with van der Waals surface area (Å²) >= 11 is 2.30. The number of methoxy groups -OCH3 is 1. The van der Waals surface area contributed by atoms with Crippen molar-refractivity contribution in [3.63, 3.8) is 0 Å². The minimum atomic E-state index is -1.86. The maximum Gasteiger partial charge on any atom is 0.122 e. The van der Waals surface area contributed by atoms with Crippen LogP contribution in [0.1, 0.15) is 38.5 Å². The van der Waals surface area contributed by atoms with E-state index in [0.29, 0.717) is 0 Å². The zero-order chi connectivity index (χ0) is 18.9. The van der Waals surface area contributed by atoms with Crippen LogP contribution in [0.3, 0.4) is 0 Å². The van der Waals surface area contributed by atoms with Gasteiger partial charge >= 0.3 is 0 Å². The predicted molar refractivity (Wildman–Crippen MR) is 109 cm³/mol. The average Bonchev–Trinajstić information content (AvgIpc) is 2.59. The summed E-state index contributed by atoms with van der Waals surface area (Å²) in [6, 6.07) is 0. The Hall–Kier alpha value is -0.0200. The third kappa shape index (κ3) is 4.35. The molecule has 3 rings (SSSR count). The van der Waals surface area contributed by atoms with Gasteiger partial charge in [-0.25, -0.2) is 17.6 Å². The average molecular weight is 504 g/mol. The van der Waals surface area contributed by atoms with Gasteiger partial charge in [-0.3, -0.25) is 0 Å². The van der Waals surface area contributed by atoms with Crippen LogP contribution in [0, 0.1) is 0 Å². The molecule has 0 saturated heterocycles. The van der Waals surface area contributed by atoms with Gasteiger partial charge in [0.25, 0.3) is 0 Å². The fourth-order valence-electron chi connectivity index (χ4n) is 4.10. The van der Waals surface area contributed by atoms with Crippen molar-refractivity contribution in [2.24, 2.45) is 0 Å². The van der Waals surface area contributed by atoms with E-state index in [1.165, 1.54) is 12.2 Å². The highest BCUT2D eigenvalue weighted by molar-refractivity contribution is 14.2. The van der Waals surface area contributed by atoms with E-state index < -0.39 is 31.5 Å². The predicted octanol–water partition coefficient (Wildman–Crippen LogP) is 6.58. The first-order valence-electron chi connectivity index (χ1n) is 9.03. The second kappa shape index (κ2) is 8.55. The molecule has 0 aromatic rings. The van der Waals surface area contributed by atoms with E-state index in [-0.39, 0.29) is 42.3 Å². The topological polar surface area (TPSA) is 9.23 Å². The fourth-order valence-corrected chi connectivity index (χ4v) is 11.1. The van der Waals surface area contributed by atoms with Gasteiger partial charge in [0.05, 0.1) is 11.9 Å². The van der Waals surface area contributed by atoms with Crippen LogP contribution in [0.25, 0.3) is 0 Å². The molecule has 3 aliphatic rings. The lowest BCUT2D eigenvalue weighted by Gasteiger charge is -2.50. The van der Waals surface area contributed by atoms with Gasteiger partial charge in [-0.2, -0.15) is 7.20 Å². The monoisotopic (exact) mass is 504 g/mol. The van der Waals surface area contributed by atoms with E-state index in [9.17, 15) is 17.6 Å². The second-order valence-electron chi connectivity index (χ2n) is 7.28. The summed E-state index contributed by atoms with van der Waals surface area (Å²) < 4.78 is 61.8. The highest BCUT2D eigenvalue weighted by Gasteiger charge is 2.45. The number of hydrogen-bond acceptors (Lipinski definition) is 1. The molecule has 0 N–H and O–H groups in total. The first-order valence-corrected chi connectivity index (χ1v) is 13.3. The van der Waals surface area contributed by atoms with Crippen molar-refractivity contribution in [1.29, 1.82) is 0 Å². The van der Waals surface area contributed by atoms with Crippen molar-refractivity contribution in [2.45, 2.75) is 73.6 Å². The molecule has 7 unspecified atom stereocenters. The molecule has 1 nitrogen and oxygen atoms in total. The quantitative estimate of drug-likeness (QED) is 0.239. The van der Waals surface area contributed by atoms with Crippen LogP contribution in [-0.2, 0) is 4.74 Å². The summed E-state index contributed by atoms with van der Waals surface area (Å²) in [4.78, 5) is 0.734. The second-order valence-corrected chi connectivity index (χ2v) is 14.6. The first kappa shape index (κ1) is 20.7. The summed E-state index contributed by atoms with van der Waals surface area (Å²) in [6.07, 6.45) is 4.97. The van der Waals surface area contributed by atoms with E-state index in [1.54, 1.807) is 7.11 Å². The van der Waals surface area contributed by atoms with Crippen molar-refractivity contribution < 1.29 is 22.3 Å². The van der Waals surface area contributed by atoms with E-state index in [0.717, 1.165) is 17.7 Å². The molecule has 0 spiro atoms. The van der Waals surface area contributed by atoms with Crippen LogP contribution in [0.15, 0.2) is 35.0 Å². The zero-order valence-corrected chi connectivity index (χ0v) is 17.7. The molecular formula is C19H25F4IOS. The van der Waals surface area contributed by atoms with E-state index in [2.05, 4.69) is 21.2 Å². The van der Waals surface area contributed by atoms with Crippen molar-refractivity contribution in [1.82, 2.24) is 0 Å². The van der Waals surface area contributed by atoms with Gasteiger partial charge in [-0.1, -0.05) is 12.2 Å². The minimum absolute atomic E-state index is 0.0297. The molecule has 0 radical (unpaired) electrons. The Balaban J connectivity index is 2.00. The largest absolute Gasteiger partial charge is 0.377 e. The zero-order valence-electron chi connectivity index (χ0n) is 14.7. The van der Waals surface area contributed by atoms with Gasteiger partial charge in [-0.15, -0.1) is 0 Å². The molecule has 0 aliphatic heterocycles. The lowest BCUT2D eigenvalue weighted by molar-refractivity contribution is 0.128. The fraction of sp³-hybridized carbons (Fsp3) is 0.684. The lowest BCUT2D eigenvalue weighted by atomic mass is 10.0. The molecule has 7 atom stereocenters.